The first-order chi connectivity index (χ1) is 10.6. The number of halogens is 1. The molecular weight excluding hydrogens is 342 g/mol. The molecule has 0 atom stereocenters. The van der Waals surface area contributed by atoms with Gasteiger partial charge < -0.3 is 5.32 Å². The van der Waals surface area contributed by atoms with Crippen LogP contribution in [-0.4, -0.2) is 15.7 Å². The highest BCUT2D eigenvalue weighted by atomic mass is 79.9. The zero-order valence-electron chi connectivity index (χ0n) is 12.0. The van der Waals surface area contributed by atoms with E-state index in [0.29, 0.717) is 11.4 Å². The van der Waals surface area contributed by atoms with E-state index >= 15 is 0 Å². The van der Waals surface area contributed by atoms with Crippen molar-refractivity contribution >= 4 is 27.7 Å². The summed E-state index contributed by atoms with van der Waals surface area (Å²) in [6.07, 6.45) is 0. The van der Waals surface area contributed by atoms with Crippen LogP contribution in [0.2, 0.25) is 0 Å². The van der Waals surface area contributed by atoms with Gasteiger partial charge in [-0.05, 0) is 37.3 Å². The number of hydrogen-bond acceptors (Lipinski definition) is 2. The third kappa shape index (κ3) is 3.09. The van der Waals surface area contributed by atoms with Crippen LogP contribution in [0, 0.1) is 6.92 Å². The lowest BCUT2D eigenvalue weighted by molar-refractivity contribution is 0.102. The highest BCUT2D eigenvalue weighted by Gasteiger charge is 2.12. The minimum atomic E-state index is -0.168. The molecular formula is C17H14BrN3O. The highest BCUT2D eigenvalue weighted by molar-refractivity contribution is 9.10. The maximum absolute atomic E-state index is 12.4. The summed E-state index contributed by atoms with van der Waals surface area (Å²) in [6.45, 7) is 1.90. The molecule has 0 spiro atoms. The van der Waals surface area contributed by atoms with Crippen molar-refractivity contribution in [3.63, 3.8) is 0 Å². The van der Waals surface area contributed by atoms with Gasteiger partial charge in [-0.2, -0.15) is 5.10 Å². The average molecular weight is 356 g/mol. The van der Waals surface area contributed by atoms with Crippen LogP contribution >= 0.6 is 15.9 Å². The van der Waals surface area contributed by atoms with Crippen molar-refractivity contribution in [1.82, 2.24) is 9.78 Å². The number of anilines is 1. The van der Waals surface area contributed by atoms with Gasteiger partial charge in [0.05, 0.1) is 11.4 Å². The molecule has 1 N–H and O–H groups in total. The minimum Gasteiger partial charge on any atom is -0.306 e. The molecule has 4 nitrogen and oxygen atoms in total. The Bertz CT molecular complexity index is 812. The molecule has 5 heteroatoms. The van der Waals surface area contributed by atoms with Crippen LogP contribution in [0.1, 0.15) is 16.1 Å². The number of hydrogen-bond donors (Lipinski definition) is 1. The van der Waals surface area contributed by atoms with E-state index in [0.717, 1.165) is 15.9 Å². The first-order valence-electron chi connectivity index (χ1n) is 6.82. The molecule has 0 aliphatic rings. The molecule has 0 aliphatic carbocycles. The summed E-state index contributed by atoms with van der Waals surface area (Å²) >= 11 is 3.37. The number of benzene rings is 2. The van der Waals surface area contributed by atoms with E-state index in [9.17, 15) is 4.79 Å². The highest BCUT2D eigenvalue weighted by Crippen LogP contribution is 2.18. The zero-order chi connectivity index (χ0) is 15.5. The Kier molecular flexibility index (Phi) is 4.06. The van der Waals surface area contributed by atoms with Gasteiger partial charge in [0.1, 0.15) is 5.82 Å². The number of carbonyl (C=O) groups excluding carboxylic acids is 1. The Hall–Kier alpha value is -2.40. The molecule has 0 aliphatic heterocycles. The van der Waals surface area contributed by atoms with Crippen molar-refractivity contribution in [3.8, 4) is 5.69 Å². The van der Waals surface area contributed by atoms with E-state index in [-0.39, 0.29) is 5.91 Å². The molecule has 2 aromatic carbocycles. The quantitative estimate of drug-likeness (QED) is 0.765. The number of para-hydroxylation sites is 1. The van der Waals surface area contributed by atoms with Crippen LogP contribution in [0.4, 0.5) is 5.82 Å². The lowest BCUT2D eigenvalue weighted by Crippen LogP contribution is -2.15. The second-order valence-corrected chi connectivity index (χ2v) is 5.80. The van der Waals surface area contributed by atoms with E-state index in [1.807, 2.05) is 55.5 Å². The molecule has 0 radical (unpaired) electrons. The Morgan fingerprint density at radius 1 is 1.09 bits per heavy atom. The van der Waals surface area contributed by atoms with Crippen LogP contribution < -0.4 is 5.32 Å². The molecule has 1 amide bonds. The fourth-order valence-corrected chi connectivity index (χ4v) is 2.57. The Morgan fingerprint density at radius 3 is 2.59 bits per heavy atom. The zero-order valence-corrected chi connectivity index (χ0v) is 13.5. The summed E-state index contributed by atoms with van der Waals surface area (Å²) < 4.78 is 2.60. The smallest absolute Gasteiger partial charge is 0.256 e. The summed E-state index contributed by atoms with van der Waals surface area (Å²) in [5.41, 5.74) is 2.33. The van der Waals surface area contributed by atoms with Crippen molar-refractivity contribution in [1.29, 1.82) is 0 Å². The summed E-state index contributed by atoms with van der Waals surface area (Å²) in [4.78, 5) is 12.4. The molecule has 0 saturated carbocycles. The van der Waals surface area contributed by atoms with Crippen LogP contribution in [-0.2, 0) is 0 Å². The van der Waals surface area contributed by atoms with Gasteiger partial charge in [-0.15, -0.1) is 0 Å². The topological polar surface area (TPSA) is 46.9 Å². The van der Waals surface area contributed by atoms with E-state index in [1.165, 1.54) is 0 Å². The predicted octanol–water partition coefficient (Wildman–Crippen LogP) is 4.20. The van der Waals surface area contributed by atoms with Crippen molar-refractivity contribution in [2.75, 3.05) is 5.32 Å². The predicted molar refractivity (Wildman–Crippen MR) is 90.4 cm³/mol. The summed E-state index contributed by atoms with van der Waals surface area (Å²) in [6, 6.07) is 18.8. The molecule has 1 aromatic heterocycles. The fourth-order valence-electron chi connectivity index (χ4n) is 2.17. The van der Waals surface area contributed by atoms with Crippen LogP contribution in [0.3, 0.4) is 0 Å². The van der Waals surface area contributed by atoms with Gasteiger partial charge in [0, 0.05) is 16.1 Å². The summed E-state index contributed by atoms with van der Waals surface area (Å²) in [5.74, 6) is 0.479. The van der Waals surface area contributed by atoms with Gasteiger partial charge >= 0.3 is 0 Å². The third-order valence-electron chi connectivity index (χ3n) is 3.16. The first kappa shape index (κ1) is 14.5. The average Bonchev–Trinajstić information content (AvgIpc) is 2.88. The lowest BCUT2D eigenvalue weighted by Gasteiger charge is -2.09. The monoisotopic (exact) mass is 355 g/mol. The van der Waals surface area contributed by atoms with Gasteiger partial charge in [0.15, 0.2) is 0 Å². The standard InChI is InChI=1S/C17H14BrN3O/c1-12-10-16(21(20-12)15-8-3-2-4-9-15)19-17(22)13-6-5-7-14(18)11-13/h2-11H,1H3,(H,19,22). The number of aromatic nitrogens is 2. The molecule has 3 rings (SSSR count). The lowest BCUT2D eigenvalue weighted by atomic mass is 10.2. The minimum absolute atomic E-state index is 0.168. The number of aryl methyl sites for hydroxylation is 1. The maximum atomic E-state index is 12.4. The maximum Gasteiger partial charge on any atom is 0.256 e. The van der Waals surface area contributed by atoms with E-state index in [2.05, 4.69) is 26.3 Å². The van der Waals surface area contributed by atoms with Crippen molar-refractivity contribution < 1.29 is 4.79 Å². The number of nitrogens with one attached hydrogen (secondary N) is 1. The molecule has 0 unspecified atom stereocenters. The number of rotatable bonds is 3. The van der Waals surface area contributed by atoms with Crippen LogP contribution in [0.15, 0.2) is 65.1 Å². The second-order valence-electron chi connectivity index (χ2n) is 4.88. The normalized spacial score (nSPS) is 10.5. The van der Waals surface area contributed by atoms with E-state index in [4.69, 9.17) is 0 Å². The summed E-state index contributed by atoms with van der Waals surface area (Å²) in [5, 5.41) is 7.35. The Labute approximate surface area is 136 Å². The van der Waals surface area contributed by atoms with Crippen LogP contribution in [0.25, 0.3) is 5.69 Å². The van der Waals surface area contributed by atoms with Gasteiger partial charge in [0.2, 0.25) is 0 Å². The first-order valence-corrected chi connectivity index (χ1v) is 7.62. The second kappa shape index (κ2) is 6.15. The SMILES string of the molecule is Cc1cc(NC(=O)c2cccc(Br)c2)n(-c2ccccc2)n1. The van der Waals surface area contributed by atoms with Gasteiger partial charge in [-0.1, -0.05) is 40.2 Å². The number of amides is 1. The number of carbonyl (C=O) groups is 1. The largest absolute Gasteiger partial charge is 0.306 e. The van der Waals surface area contributed by atoms with Gasteiger partial charge in [-0.25, -0.2) is 4.68 Å². The molecule has 22 heavy (non-hydrogen) atoms. The van der Waals surface area contributed by atoms with Gasteiger partial charge in [0.25, 0.3) is 5.91 Å². The third-order valence-corrected chi connectivity index (χ3v) is 3.65. The van der Waals surface area contributed by atoms with E-state index in [1.54, 1.807) is 16.8 Å². The molecule has 0 bridgehead atoms. The van der Waals surface area contributed by atoms with Crippen LogP contribution in [0.5, 0.6) is 0 Å². The Balaban J connectivity index is 1.92. The molecule has 3 aromatic rings. The van der Waals surface area contributed by atoms with Crippen molar-refractivity contribution in [2.24, 2.45) is 0 Å². The Morgan fingerprint density at radius 2 is 1.86 bits per heavy atom. The molecule has 0 fully saturated rings. The van der Waals surface area contributed by atoms with Crippen molar-refractivity contribution in [2.45, 2.75) is 6.92 Å². The molecule has 110 valence electrons. The van der Waals surface area contributed by atoms with Gasteiger partial charge in [-0.3, -0.25) is 4.79 Å². The van der Waals surface area contributed by atoms with E-state index < -0.39 is 0 Å². The molecule has 0 saturated heterocycles. The molecule has 1 heterocycles. The number of nitrogens with zero attached hydrogens (tertiary/aromatic N) is 2. The van der Waals surface area contributed by atoms with Crippen molar-refractivity contribution in [3.05, 3.63) is 76.4 Å². The fraction of sp³-hybridized carbons (Fsp3) is 0.0588. The summed E-state index contributed by atoms with van der Waals surface area (Å²) in [7, 11) is 0.